The summed E-state index contributed by atoms with van der Waals surface area (Å²) in [6, 6.07) is 11.9. The maximum Gasteiger partial charge on any atom is 0.338 e. The molecule has 7 nitrogen and oxygen atoms in total. The van der Waals surface area contributed by atoms with Crippen LogP contribution in [0.25, 0.3) is 0 Å². The van der Waals surface area contributed by atoms with Crippen molar-refractivity contribution in [1.82, 2.24) is 5.32 Å². The number of carbonyl (C=O) groups is 3. The van der Waals surface area contributed by atoms with E-state index < -0.39 is 30.2 Å². The van der Waals surface area contributed by atoms with Crippen LogP contribution in [0.3, 0.4) is 0 Å². The van der Waals surface area contributed by atoms with E-state index in [1.807, 2.05) is 19.0 Å². The van der Waals surface area contributed by atoms with Crippen LogP contribution in [0.5, 0.6) is 0 Å². The maximum absolute atomic E-state index is 12.8. The summed E-state index contributed by atoms with van der Waals surface area (Å²) in [7, 11) is 3.76. The van der Waals surface area contributed by atoms with Crippen LogP contribution >= 0.6 is 0 Å². The number of esters is 1. The summed E-state index contributed by atoms with van der Waals surface area (Å²) < 4.78 is 17.7. The lowest BCUT2D eigenvalue weighted by atomic mass is 10.2. The average molecular weight is 373 g/mol. The van der Waals surface area contributed by atoms with Gasteiger partial charge >= 0.3 is 5.97 Å². The van der Waals surface area contributed by atoms with Gasteiger partial charge in [0.1, 0.15) is 5.82 Å². The first-order chi connectivity index (χ1) is 12.8. The average Bonchev–Trinajstić information content (AvgIpc) is 2.66. The molecule has 0 spiro atoms. The molecule has 2 aromatic carbocycles. The van der Waals surface area contributed by atoms with Crippen LogP contribution in [0, 0.1) is 5.82 Å². The number of hydrogen-bond donors (Lipinski definition) is 2. The van der Waals surface area contributed by atoms with Gasteiger partial charge in [-0.3, -0.25) is 9.59 Å². The van der Waals surface area contributed by atoms with Crippen molar-refractivity contribution in [2.75, 3.05) is 37.5 Å². The van der Waals surface area contributed by atoms with Crippen LogP contribution in [0.15, 0.2) is 48.5 Å². The Hall–Kier alpha value is -3.42. The number of rotatable bonds is 7. The lowest BCUT2D eigenvalue weighted by Crippen LogP contribution is -2.35. The minimum absolute atomic E-state index is 0.300. The van der Waals surface area contributed by atoms with Gasteiger partial charge in [-0.2, -0.15) is 0 Å². The molecular formula is C19H20FN3O4. The number of benzene rings is 2. The fourth-order valence-corrected chi connectivity index (χ4v) is 2.08. The van der Waals surface area contributed by atoms with Crippen molar-refractivity contribution >= 4 is 29.2 Å². The Labute approximate surface area is 156 Å². The molecule has 2 rings (SSSR count). The molecule has 142 valence electrons. The maximum atomic E-state index is 12.8. The van der Waals surface area contributed by atoms with E-state index >= 15 is 0 Å². The van der Waals surface area contributed by atoms with Crippen molar-refractivity contribution in [3.63, 3.8) is 0 Å². The number of amides is 2. The molecule has 0 aliphatic heterocycles. The van der Waals surface area contributed by atoms with Gasteiger partial charge in [-0.15, -0.1) is 0 Å². The number of anilines is 2. The predicted octanol–water partition coefficient (Wildman–Crippen LogP) is 1.80. The highest BCUT2D eigenvalue weighted by Gasteiger charge is 2.11. The van der Waals surface area contributed by atoms with Crippen molar-refractivity contribution < 1.29 is 23.5 Å². The van der Waals surface area contributed by atoms with Crippen LogP contribution in [0.4, 0.5) is 15.8 Å². The molecule has 2 amide bonds. The smallest absolute Gasteiger partial charge is 0.338 e. The molecule has 0 aliphatic rings. The van der Waals surface area contributed by atoms with Crippen molar-refractivity contribution in [3.8, 4) is 0 Å². The quantitative estimate of drug-likeness (QED) is 0.723. The van der Waals surface area contributed by atoms with Gasteiger partial charge in [0.05, 0.1) is 12.1 Å². The standard InChI is InChI=1S/C19H20FN3O4/c1-23(2)16-9-3-13(4-10-16)19(26)27-12-18(25)21-11-17(24)22-15-7-5-14(20)6-8-15/h3-10H,11-12H2,1-2H3,(H,21,25)(H,22,24). The Bertz CT molecular complexity index is 805. The van der Waals surface area contributed by atoms with Crippen molar-refractivity contribution in [1.29, 1.82) is 0 Å². The SMILES string of the molecule is CN(C)c1ccc(C(=O)OCC(=O)NCC(=O)Nc2ccc(F)cc2)cc1. The Morgan fingerprint density at radius 1 is 0.963 bits per heavy atom. The Balaban J connectivity index is 1.72. The third kappa shape index (κ3) is 6.43. The Morgan fingerprint density at radius 3 is 2.19 bits per heavy atom. The topological polar surface area (TPSA) is 87.7 Å². The lowest BCUT2D eigenvalue weighted by Gasteiger charge is -2.12. The molecule has 0 heterocycles. The summed E-state index contributed by atoms with van der Waals surface area (Å²) in [5.74, 6) is -2.14. The Kier molecular flexibility index (Phi) is 6.87. The minimum Gasteiger partial charge on any atom is -0.452 e. The van der Waals surface area contributed by atoms with Crippen molar-refractivity contribution in [2.45, 2.75) is 0 Å². The summed E-state index contributed by atoms with van der Waals surface area (Å²) in [6.45, 7) is -0.802. The molecule has 8 heteroatoms. The molecule has 0 saturated carbocycles. The number of ether oxygens (including phenoxy) is 1. The van der Waals surface area contributed by atoms with Crippen LogP contribution in [-0.2, 0) is 14.3 Å². The van der Waals surface area contributed by atoms with E-state index in [1.54, 1.807) is 24.3 Å². The molecule has 0 bridgehead atoms. The third-order valence-electron chi connectivity index (χ3n) is 3.53. The third-order valence-corrected chi connectivity index (χ3v) is 3.53. The highest BCUT2D eigenvalue weighted by molar-refractivity contribution is 5.95. The zero-order valence-electron chi connectivity index (χ0n) is 15.0. The van der Waals surface area contributed by atoms with Gasteiger partial charge < -0.3 is 20.3 Å². The van der Waals surface area contributed by atoms with E-state index in [0.29, 0.717) is 11.3 Å². The van der Waals surface area contributed by atoms with E-state index in [-0.39, 0.29) is 6.54 Å². The summed E-state index contributed by atoms with van der Waals surface area (Å²) in [5, 5.41) is 4.83. The molecule has 0 aliphatic carbocycles. The molecule has 27 heavy (non-hydrogen) atoms. The lowest BCUT2D eigenvalue weighted by molar-refractivity contribution is -0.126. The molecule has 2 aromatic rings. The molecule has 0 fully saturated rings. The van der Waals surface area contributed by atoms with Gasteiger partial charge in [0.25, 0.3) is 5.91 Å². The first-order valence-corrected chi connectivity index (χ1v) is 8.12. The van der Waals surface area contributed by atoms with E-state index in [1.165, 1.54) is 24.3 Å². The summed E-state index contributed by atoms with van der Waals surface area (Å²) in [6.07, 6.45) is 0. The molecule has 2 N–H and O–H groups in total. The van der Waals surface area contributed by atoms with E-state index in [2.05, 4.69) is 10.6 Å². The number of halogens is 1. The summed E-state index contributed by atoms with van der Waals surface area (Å²) >= 11 is 0. The van der Waals surface area contributed by atoms with E-state index in [0.717, 1.165) is 5.69 Å². The second-order valence-corrected chi connectivity index (χ2v) is 5.85. The largest absolute Gasteiger partial charge is 0.452 e. The van der Waals surface area contributed by atoms with Crippen LogP contribution < -0.4 is 15.5 Å². The highest BCUT2D eigenvalue weighted by atomic mass is 19.1. The number of hydrogen-bond acceptors (Lipinski definition) is 5. The van der Waals surface area contributed by atoms with Gasteiger partial charge in [0, 0.05) is 25.5 Å². The predicted molar refractivity (Wildman–Crippen MR) is 99.1 cm³/mol. The van der Waals surface area contributed by atoms with Gasteiger partial charge in [0.2, 0.25) is 5.91 Å². The highest BCUT2D eigenvalue weighted by Crippen LogP contribution is 2.13. The van der Waals surface area contributed by atoms with Gasteiger partial charge in [-0.1, -0.05) is 0 Å². The second kappa shape index (κ2) is 9.33. The van der Waals surface area contributed by atoms with Gasteiger partial charge in [-0.25, -0.2) is 9.18 Å². The molecule has 0 atom stereocenters. The molecule has 0 unspecified atom stereocenters. The molecule has 0 saturated heterocycles. The zero-order valence-corrected chi connectivity index (χ0v) is 15.0. The number of carbonyl (C=O) groups excluding carboxylic acids is 3. The zero-order chi connectivity index (χ0) is 19.8. The molecule has 0 aromatic heterocycles. The normalized spacial score (nSPS) is 10.0. The van der Waals surface area contributed by atoms with Gasteiger partial charge in [-0.05, 0) is 48.5 Å². The minimum atomic E-state index is -0.633. The van der Waals surface area contributed by atoms with Crippen LogP contribution in [0.1, 0.15) is 10.4 Å². The molecular weight excluding hydrogens is 353 g/mol. The second-order valence-electron chi connectivity index (χ2n) is 5.85. The summed E-state index contributed by atoms with van der Waals surface area (Å²) in [4.78, 5) is 37.2. The van der Waals surface area contributed by atoms with Crippen LogP contribution in [0.2, 0.25) is 0 Å². The monoisotopic (exact) mass is 373 g/mol. The Morgan fingerprint density at radius 2 is 1.59 bits per heavy atom. The van der Waals surface area contributed by atoms with Crippen LogP contribution in [-0.4, -0.2) is 45.0 Å². The summed E-state index contributed by atoms with van der Waals surface area (Å²) in [5.41, 5.74) is 1.65. The number of nitrogens with zero attached hydrogens (tertiary/aromatic N) is 1. The first-order valence-electron chi connectivity index (χ1n) is 8.12. The van der Waals surface area contributed by atoms with Crippen molar-refractivity contribution in [3.05, 3.63) is 59.9 Å². The first kappa shape index (κ1) is 19.9. The van der Waals surface area contributed by atoms with Crippen molar-refractivity contribution in [2.24, 2.45) is 0 Å². The van der Waals surface area contributed by atoms with E-state index in [9.17, 15) is 18.8 Å². The number of nitrogens with one attached hydrogen (secondary N) is 2. The fourth-order valence-electron chi connectivity index (χ4n) is 2.08. The molecule has 0 radical (unpaired) electrons. The van der Waals surface area contributed by atoms with E-state index in [4.69, 9.17) is 4.74 Å². The van der Waals surface area contributed by atoms with Gasteiger partial charge in [0.15, 0.2) is 6.61 Å². The fraction of sp³-hybridized carbons (Fsp3) is 0.211.